The Balaban J connectivity index is 1.36. The maximum Gasteiger partial charge on any atom is 0.220 e. The van der Waals surface area contributed by atoms with Gasteiger partial charge >= 0.3 is 0 Å². The van der Waals surface area contributed by atoms with E-state index in [1.165, 1.54) is 11.9 Å². The number of rotatable bonds is 7. The van der Waals surface area contributed by atoms with E-state index in [2.05, 4.69) is 31.3 Å². The van der Waals surface area contributed by atoms with Crippen LogP contribution in [0, 0.1) is 0 Å². The Morgan fingerprint density at radius 3 is 3.04 bits per heavy atom. The molecule has 0 saturated carbocycles. The SMILES string of the molecule is O=C(CCCn1cncn1)N[C@H]1CCCN(Cc2cccnc2)CC1. The molecule has 1 N–H and O–H groups in total. The van der Waals surface area contributed by atoms with E-state index < -0.39 is 0 Å². The van der Waals surface area contributed by atoms with Crippen molar-refractivity contribution in [3.8, 4) is 0 Å². The summed E-state index contributed by atoms with van der Waals surface area (Å²) < 4.78 is 1.76. The van der Waals surface area contributed by atoms with Crippen molar-refractivity contribution in [2.75, 3.05) is 13.1 Å². The van der Waals surface area contributed by atoms with Crippen LogP contribution < -0.4 is 5.32 Å². The van der Waals surface area contributed by atoms with Crippen LogP contribution in [-0.2, 0) is 17.9 Å². The number of carbonyl (C=O) groups is 1. The second kappa shape index (κ2) is 9.27. The van der Waals surface area contributed by atoms with E-state index in [9.17, 15) is 4.79 Å². The molecule has 1 atom stereocenters. The number of nitrogens with zero attached hydrogens (tertiary/aromatic N) is 5. The highest BCUT2D eigenvalue weighted by molar-refractivity contribution is 5.76. The summed E-state index contributed by atoms with van der Waals surface area (Å²) in [6.07, 6.45) is 11.4. The average Bonchev–Trinajstić information content (AvgIpc) is 3.04. The maximum absolute atomic E-state index is 12.1. The van der Waals surface area contributed by atoms with Gasteiger partial charge in [-0.25, -0.2) is 4.98 Å². The molecule has 0 spiro atoms. The lowest BCUT2D eigenvalue weighted by Crippen LogP contribution is -2.35. The van der Waals surface area contributed by atoms with Crippen LogP contribution in [0.5, 0.6) is 0 Å². The lowest BCUT2D eigenvalue weighted by molar-refractivity contribution is -0.122. The van der Waals surface area contributed by atoms with Gasteiger partial charge in [0.2, 0.25) is 5.91 Å². The molecule has 7 nitrogen and oxygen atoms in total. The van der Waals surface area contributed by atoms with Gasteiger partial charge < -0.3 is 5.32 Å². The third-order valence-electron chi connectivity index (χ3n) is 4.57. The third kappa shape index (κ3) is 5.94. The molecule has 1 amide bonds. The quantitative estimate of drug-likeness (QED) is 0.827. The molecule has 2 aromatic rings. The number of hydrogen-bond donors (Lipinski definition) is 1. The predicted octanol–water partition coefficient (Wildman–Crippen LogP) is 1.62. The van der Waals surface area contributed by atoms with Crippen molar-refractivity contribution in [1.29, 1.82) is 0 Å². The van der Waals surface area contributed by atoms with E-state index in [0.717, 1.165) is 51.9 Å². The van der Waals surface area contributed by atoms with Crippen LogP contribution in [0.3, 0.4) is 0 Å². The van der Waals surface area contributed by atoms with Gasteiger partial charge in [0.25, 0.3) is 0 Å². The van der Waals surface area contributed by atoms with E-state index in [1.807, 2.05) is 12.3 Å². The first-order chi connectivity index (χ1) is 12.3. The van der Waals surface area contributed by atoms with Gasteiger partial charge in [-0.1, -0.05) is 6.07 Å². The van der Waals surface area contributed by atoms with E-state index in [1.54, 1.807) is 17.2 Å². The summed E-state index contributed by atoms with van der Waals surface area (Å²) in [6, 6.07) is 4.39. The monoisotopic (exact) mass is 342 g/mol. The van der Waals surface area contributed by atoms with Crippen molar-refractivity contribution in [2.45, 2.75) is 51.2 Å². The third-order valence-corrected chi connectivity index (χ3v) is 4.57. The van der Waals surface area contributed by atoms with Gasteiger partial charge in [-0.3, -0.25) is 19.4 Å². The molecule has 1 saturated heterocycles. The van der Waals surface area contributed by atoms with E-state index >= 15 is 0 Å². The van der Waals surface area contributed by atoms with Gasteiger partial charge in [0.05, 0.1) is 0 Å². The number of amides is 1. The Bertz CT molecular complexity index is 630. The van der Waals surface area contributed by atoms with Crippen LogP contribution in [-0.4, -0.2) is 49.7 Å². The Labute approximate surface area is 148 Å². The molecule has 0 aromatic carbocycles. The molecule has 7 heteroatoms. The molecule has 3 heterocycles. The first-order valence-corrected chi connectivity index (χ1v) is 9.02. The highest BCUT2D eigenvalue weighted by atomic mass is 16.1. The fraction of sp³-hybridized carbons (Fsp3) is 0.556. The van der Waals surface area contributed by atoms with Gasteiger partial charge in [0.1, 0.15) is 12.7 Å². The number of aromatic nitrogens is 4. The maximum atomic E-state index is 12.1. The predicted molar refractivity (Wildman–Crippen MR) is 94.6 cm³/mol. The smallest absolute Gasteiger partial charge is 0.220 e. The highest BCUT2D eigenvalue weighted by Crippen LogP contribution is 2.14. The lowest BCUT2D eigenvalue weighted by Gasteiger charge is -2.20. The molecule has 0 unspecified atom stereocenters. The van der Waals surface area contributed by atoms with Gasteiger partial charge in [-0.05, 0) is 43.9 Å². The first kappa shape index (κ1) is 17.5. The van der Waals surface area contributed by atoms with Crippen LogP contribution >= 0.6 is 0 Å². The Hall–Kier alpha value is -2.28. The van der Waals surface area contributed by atoms with Gasteiger partial charge in [0.15, 0.2) is 0 Å². The number of pyridine rings is 1. The number of aryl methyl sites for hydroxylation is 1. The minimum absolute atomic E-state index is 0.144. The van der Waals surface area contributed by atoms with Crippen molar-refractivity contribution < 1.29 is 4.79 Å². The molecule has 0 aliphatic carbocycles. The molecule has 2 aromatic heterocycles. The molecular weight excluding hydrogens is 316 g/mol. The van der Waals surface area contributed by atoms with Crippen LogP contribution in [0.1, 0.15) is 37.7 Å². The standard InChI is InChI=1S/C18H26N6O/c25-18(6-3-10-24-15-20-14-21-24)22-17-5-2-9-23(11-7-17)13-16-4-1-8-19-12-16/h1,4,8,12,14-15,17H,2-3,5-7,9-11,13H2,(H,22,25)/t17-/m0/s1. The van der Waals surface area contributed by atoms with Gasteiger partial charge in [-0.2, -0.15) is 5.10 Å². The summed E-state index contributed by atoms with van der Waals surface area (Å²) in [5.74, 6) is 0.144. The van der Waals surface area contributed by atoms with Crippen LogP contribution in [0.4, 0.5) is 0 Å². The molecule has 134 valence electrons. The topological polar surface area (TPSA) is 75.9 Å². The molecule has 0 radical (unpaired) electrons. The molecule has 25 heavy (non-hydrogen) atoms. The molecule has 1 fully saturated rings. The molecule has 0 bridgehead atoms. The number of nitrogens with one attached hydrogen (secondary N) is 1. The molecular formula is C18H26N6O. The zero-order valence-corrected chi connectivity index (χ0v) is 14.5. The van der Waals surface area contributed by atoms with Crippen LogP contribution in [0.2, 0.25) is 0 Å². The fourth-order valence-corrected chi connectivity index (χ4v) is 3.26. The van der Waals surface area contributed by atoms with Crippen molar-refractivity contribution >= 4 is 5.91 Å². The molecule has 1 aliphatic rings. The minimum atomic E-state index is 0.144. The van der Waals surface area contributed by atoms with Crippen LogP contribution in [0.15, 0.2) is 37.2 Å². The van der Waals surface area contributed by atoms with Crippen molar-refractivity contribution in [3.63, 3.8) is 0 Å². The average molecular weight is 342 g/mol. The van der Waals surface area contributed by atoms with Gasteiger partial charge in [-0.15, -0.1) is 0 Å². The molecule has 3 rings (SSSR count). The van der Waals surface area contributed by atoms with E-state index in [4.69, 9.17) is 0 Å². The van der Waals surface area contributed by atoms with E-state index in [0.29, 0.717) is 6.42 Å². The Morgan fingerprint density at radius 1 is 1.28 bits per heavy atom. The van der Waals surface area contributed by atoms with Crippen molar-refractivity contribution in [2.24, 2.45) is 0 Å². The van der Waals surface area contributed by atoms with Gasteiger partial charge in [0, 0.05) is 44.5 Å². The summed E-state index contributed by atoms with van der Waals surface area (Å²) in [7, 11) is 0. The number of likely N-dealkylation sites (tertiary alicyclic amines) is 1. The summed E-state index contributed by atoms with van der Waals surface area (Å²) in [4.78, 5) is 22.7. The highest BCUT2D eigenvalue weighted by Gasteiger charge is 2.18. The second-order valence-corrected chi connectivity index (χ2v) is 6.59. The molecule has 1 aliphatic heterocycles. The summed E-state index contributed by atoms with van der Waals surface area (Å²) >= 11 is 0. The zero-order valence-electron chi connectivity index (χ0n) is 14.5. The summed E-state index contributed by atoms with van der Waals surface area (Å²) in [6.45, 7) is 3.76. The van der Waals surface area contributed by atoms with Crippen molar-refractivity contribution in [1.82, 2.24) is 30.0 Å². The van der Waals surface area contributed by atoms with Crippen molar-refractivity contribution in [3.05, 3.63) is 42.7 Å². The largest absolute Gasteiger partial charge is 0.353 e. The van der Waals surface area contributed by atoms with E-state index in [-0.39, 0.29) is 11.9 Å². The minimum Gasteiger partial charge on any atom is -0.353 e. The lowest BCUT2D eigenvalue weighted by atomic mass is 10.1. The zero-order chi connectivity index (χ0) is 17.3. The number of carbonyl (C=O) groups excluding carboxylic acids is 1. The Morgan fingerprint density at radius 2 is 2.24 bits per heavy atom. The number of hydrogen-bond acceptors (Lipinski definition) is 5. The van der Waals surface area contributed by atoms with Crippen LogP contribution in [0.25, 0.3) is 0 Å². The fourth-order valence-electron chi connectivity index (χ4n) is 3.26. The normalized spacial score (nSPS) is 18.6. The first-order valence-electron chi connectivity index (χ1n) is 9.02. The Kier molecular flexibility index (Phi) is 6.50. The summed E-state index contributed by atoms with van der Waals surface area (Å²) in [5, 5.41) is 7.25. The second-order valence-electron chi connectivity index (χ2n) is 6.59. The summed E-state index contributed by atoms with van der Waals surface area (Å²) in [5.41, 5.74) is 1.25.